The van der Waals surface area contributed by atoms with Gasteiger partial charge >= 0.3 is 0 Å². The maximum absolute atomic E-state index is 13.1. The number of nitrogens with one attached hydrogen (secondary N) is 1. The Balaban J connectivity index is 2.30. The Morgan fingerprint density at radius 3 is 2.44 bits per heavy atom. The second kappa shape index (κ2) is 8.07. The van der Waals surface area contributed by atoms with Crippen molar-refractivity contribution >= 4 is 37.5 Å². The van der Waals surface area contributed by atoms with Gasteiger partial charge in [0.2, 0.25) is 10.0 Å². The Kier molecular flexibility index (Phi) is 6.31. The summed E-state index contributed by atoms with van der Waals surface area (Å²) in [7, 11) is -3.65. The highest BCUT2D eigenvalue weighted by Crippen LogP contribution is 2.24. The maximum Gasteiger partial charge on any atom is 0.255 e. The first-order valence-electron chi connectivity index (χ1n) is 7.66. The van der Waals surface area contributed by atoms with Crippen molar-refractivity contribution in [2.24, 2.45) is 0 Å². The van der Waals surface area contributed by atoms with Gasteiger partial charge in [0.1, 0.15) is 5.82 Å². The molecule has 0 spiro atoms. The smallest absolute Gasteiger partial charge is 0.255 e. The lowest BCUT2D eigenvalue weighted by molar-refractivity contribution is 0.102. The summed E-state index contributed by atoms with van der Waals surface area (Å²) < 4.78 is 40.0. The van der Waals surface area contributed by atoms with Gasteiger partial charge in [0.25, 0.3) is 5.91 Å². The molecule has 1 amide bonds. The van der Waals surface area contributed by atoms with Crippen molar-refractivity contribution in [3.05, 3.63) is 58.3 Å². The zero-order chi connectivity index (χ0) is 18.6. The summed E-state index contributed by atoms with van der Waals surface area (Å²) in [5, 5.41) is 2.63. The minimum atomic E-state index is -3.65. The first-order chi connectivity index (χ1) is 11.8. The molecule has 25 heavy (non-hydrogen) atoms. The summed E-state index contributed by atoms with van der Waals surface area (Å²) >= 11 is 3.17. The summed E-state index contributed by atoms with van der Waals surface area (Å²) in [6.45, 7) is 4.20. The van der Waals surface area contributed by atoms with Crippen LogP contribution in [-0.2, 0) is 10.0 Å². The van der Waals surface area contributed by atoms with Gasteiger partial charge in [-0.1, -0.05) is 19.9 Å². The molecular formula is C17H18BrFN2O3S. The van der Waals surface area contributed by atoms with Crippen LogP contribution in [0.15, 0.2) is 51.8 Å². The van der Waals surface area contributed by atoms with Crippen molar-refractivity contribution in [3.63, 3.8) is 0 Å². The van der Waals surface area contributed by atoms with Gasteiger partial charge in [-0.15, -0.1) is 0 Å². The van der Waals surface area contributed by atoms with Gasteiger partial charge in [-0.25, -0.2) is 12.8 Å². The summed E-state index contributed by atoms with van der Waals surface area (Å²) in [6, 6.07) is 9.71. The Morgan fingerprint density at radius 2 is 1.84 bits per heavy atom. The van der Waals surface area contributed by atoms with Gasteiger partial charge in [0.15, 0.2) is 0 Å². The molecular weight excluding hydrogens is 411 g/mol. The predicted octanol–water partition coefficient (Wildman–Crippen LogP) is 3.87. The SMILES string of the molecule is CCN(CC)S(=O)(=O)c1cccc(C(=O)Nc2ccc(F)cc2Br)c1. The van der Waals surface area contributed by atoms with Crippen LogP contribution in [0.5, 0.6) is 0 Å². The van der Waals surface area contributed by atoms with Crippen LogP contribution < -0.4 is 5.32 Å². The number of halogens is 2. The largest absolute Gasteiger partial charge is 0.321 e. The molecule has 0 radical (unpaired) electrons. The number of nitrogens with zero attached hydrogens (tertiary/aromatic N) is 1. The van der Waals surface area contributed by atoms with E-state index in [0.717, 1.165) is 0 Å². The minimum Gasteiger partial charge on any atom is -0.321 e. The number of hydrogen-bond donors (Lipinski definition) is 1. The van der Waals surface area contributed by atoms with E-state index in [-0.39, 0.29) is 10.5 Å². The fourth-order valence-corrected chi connectivity index (χ4v) is 4.25. The third-order valence-corrected chi connectivity index (χ3v) is 6.32. The van der Waals surface area contributed by atoms with Crippen LogP contribution in [0.1, 0.15) is 24.2 Å². The number of amides is 1. The molecule has 8 heteroatoms. The number of benzene rings is 2. The van der Waals surface area contributed by atoms with E-state index in [2.05, 4.69) is 21.2 Å². The number of carbonyl (C=O) groups excluding carboxylic acids is 1. The van der Waals surface area contributed by atoms with E-state index >= 15 is 0 Å². The molecule has 2 aromatic carbocycles. The Bertz CT molecular complexity index is 883. The molecule has 0 atom stereocenters. The normalized spacial score (nSPS) is 11.6. The standard InChI is InChI=1S/C17H18BrFN2O3S/c1-3-21(4-2)25(23,24)14-7-5-6-12(10-14)17(22)20-16-9-8-13(19)11-15(16)18/h5-11H,3-4H2,1-2H3,(H,20,22). The van der Waals surface area contributed by atoms with Crippen molar-refractivity contribution in [1.29, 1.82) is 0 Å². The van der Waals surface area contributed by atoms with Crippen molar-refractivity contribution < 1.29 is 17.6 Å². The first-order valence-corrected chi connectivity index (χ1v) is 9.89. The average Bonchev–Trinajstić information content (AvgIpc) is 2.58. The molecule has 0 saturated heterocycles. The van der Waals surface area contributed by atoms with E-state index in [1.165, 1.54) is 46.8 Å². The monoisotopic (exact) mass is 428 g/mol. The van der Waals surface area contributed by atoms with Crippen molar-refractivity contribution in [1.82, 2.24) is 4.31 Å². The minimum absolute atomic E-state index is 0.0574. The maximum atomic E-state index is 13.1. The van der Waals surface area contributed by atoms with E-state index in [0.29, 0.717) is 23.2 Å². The molecule has 0 bridgehead atoms. The Hall–Kier alpha value is -1.77. The Labute approximate surface area is 155 Å². The molecule has 5 nitrogen and oxygen atoms in total. The number of hydrogen-bond acceptors (Lipinski definition) is 3. The second-order valence-corrected chi connectivity index (χ2v) is 7.99. The molecule has 0 fully saturated rings. The van der Waals surface area contributed by atoms with Gasteiger partial charge in [0, 0.05) is 23.1 Å². The number of anilines is 1. The molecule has 0 unspecified atom stereocenters. The van der Waals surface area contributed by atoms with Crippen LogP contribution in [0.25, 0.3) is 0 Å². The zero-order valence-corrected chi connectivity index (χ0v) is 16.2. The van der Waals surface area contributed by atoms with Gasteiger partial charge in [0.05, 0.1) is 10.6 Å². The first kappa shape index (κ1) is 19.6. The second-order valence-electron chi connectivity index (χ2n) is 5.20. The number of carbonyl (C=O) groups is 1. The fraction of sp³-hybridized carbons (Fsp3) is 0.235. The van der Waals surface area contributed by atoms with Crippen molar-refractivity contribution in [3.8, 4) is 0 Å². The van der Waals surface area contributed by atoms with Crippen LogP contribution in [0.2, 0.25) is 0 Å². The van der Waals surface area contributed by atoms with E-state index in [1.54, 1.807) is 13.8 Å². The summed E-state index contributed by atoms with van der Waals surface area (Å²) in [5.41, 5.74) is 0.591. The number of rotatable bonds is 6. The van der Waals surface area contributed by atoms with E-state index in [9.17, 15) is 17.6 Å². The molecule has 0 aromatic heterocycles. The molecule has 2 rings (SSSR count). The molecule has 134 valence electrons. The third-order valence-electron chi connectivity index (χ3n) is 3.62. The van der Waals surface area contributed by atoms with E-state index in [4.69, 9.17) is 0 Å². The highest BCUT2D eigenvalue weighted by molar-refractivity contribution is 9.10. The lowest BCUT2D eigenvalue weighted by Gasteiger charge is -2.18. The van der Waals surface area contributed by atoms with Gasteiger partial charge in [-0.2, -0.15) is 4.31 Å². The third kappa shape index (κ3) is 4.45. The molecule has 1 N–H and O–H groups in total. The highest BCUT2D eigenvalue weighted by Gasteiger charge is 2.22. The molecule has 2 aromatic rings. The zero-order valence-electron chi connectivity index (χ0n) is 13.8. The summed E-state index contributed by atoms with van der Waals surface area (Å²) in [5.74, 6) is -0.916. The van der Waals surface area contributed by atoms with Crippen LogP contribution >= 0.6 is 15.9 Å². The molecule has 0 aliphatic carbocycles. The average molecular weight is 429 g/mol. The van der Waals surface area contributed by atoms with Crippen LogP contribution in [0, 0.1) is 5.82 Å². The summed E-state index contributed by atoms with van der Waals surface area (Å²) in [4.78, 5) is 12.5. The van der Waals surface area contributed by atoms with Crippen LogP contribution in [-0.4, -0.2) is 31.7 Å². The Morgan fingerprint density at radius 1 is 1.16 bits per heavy atom. The van der Waals surface area contributed by atoms with Crippen molar-refractivity contribution in [2.45, 2.75) is 18.7 Å². The van der Waals surface area contributed by atoms with Gasteiger partial charge in [-0.3, -0.25) is 4.79 Å². The molecule has 0 aliphatic rings. The summed E-state index contributed by atoms with van der Waals surface area (Å²) in [6.07, 6.45) is 0. The highest BCUT2D eigenvalue weighted by atomic mass is 79.9. The quantitative estimate of drug-likeness (QED) is 0.758. The lowest BCUT2D eigenvalue weighted by atomic mass is 10.2. The molecule has 0 saturated carbocycles. The van der Waals surface area contributed by atoms with Crippen LogP contribution in [0.3, 0.4) is 0 Å². The van der Waals surface area contributed by atoms with Gasteiger partial charge < -0.3 is 5.32 Å². The topological polar surface area (TPSA) is 66.5 Å². The van der Waals surface area contributed by atoms with Crippen LogP contribution in [0.4, 0.5) is 10.1 Å². The predicted molar refractivity (Wildman–Crippen MR) is 98.6 cm³/mol. The lowest BCUT2D eigenvalue weighted by Crippen LogP contribution is -2.30. The fourth-order valence-electron chi connectivity index (χ4n) is 2.30. The van der Waals surface area contributed by atoms with Crippen molar-refractivity contribution in [2.75, 3.05) is 18.4 Å². The number of sulfonamides is 1. The van der Waals surface area contributed by atoms with Gasteiger partial charge in [-0.05, 0) is 52.3 Å². The molecule has 0 aliphatic heterocycles. The van der Waals surface area contributed by atoms with E-state index < -0.39 is 21.7 Å². The molecule has 0 heterocycles. The van der Waals surface area contributed by atoms with E-state index in [1.807, 2.05) is 0 Å².